The van der Waals surface area contributed by atoms with Gasteiger partial charge in [-0.2, -0.15) is 0 Å². The maximum absolute atomic E-state index is 12.1. The summed E-state index contributed by atoms with van der Waals surface area (Å²) in [6.07, 6.45) is 5.51. The van der Waals surface area contributed by atoms with Crippen LogP contribution in [0.4, 0.5) is 5.13 Å². The molecule has 0 radical (unpaired) electrons. The summed E-state index contributed by atoms with van der Waals surface area (Å²) < 4.78 is 0. The molecule has 0 saturated heterocycles. The lowest BCUT2D eigenvalue weighted by Gasteiger charge is -2.05. The van der Waals surface area contributed by atoms with E-state index in [1.807, 2.05) is 5.38 Å². The van der Waals surface area contributed by atoms with Crippen molar-refractivity contribution in [1.82, 2.24) is 15.0 Å². The van der Waals surface area contributed by atoms with Crippen molar-refractivity contribution in [2.24, 2.45) is 5.92 Å². The number of rotatable bonds is 5. The molecule has 1 amide bonds. The second-order valence-electron chi connectivity index (χ2n) is 5.88. The summed E-state index contributed by atoms with van der Waals surface area (Å²) in [5, 5.41) is 5.23. The average molecular weight is 338 g/mol. The van der Waals surface area contributed by atoms with Gasteiger partial charge in [0.15, 0.2) is 5.13 Å². The highest BCUT2D eigenvalue weighted by Crippen LogP contribution is 2.25. The smallest absolute Gasteiger partial charge is 0.277 e. The monoisotopic (exact) mass is 338 g/mol. The number of nitrogens with one attached hydrogen (secondary N) is 1. The minimum atomic E-state index is -0.309. The van der Waals surface area contributed by atoms with E-state index in [4.69, 9.17) is 0 Å². The highest BCUT2D eigenvalue weighted by Gasteiger charge is 2.11. The highest BCUT2D eigenvalue weighted by molar-refractivity contribution is 7.14. The molecule has 0 fully saturated rings. The van der Waals surface area contributed by atoms with Crippen molar-refractivity contribution in [1.29, 1.82) is 0 Å². The second-order valence-corrected chi connectivity index (χ2v) is 6.74. The summed E-state index contributed by atoms with van der Waals surface area (Å²) in [6, 6.07) is 8.40. The number of carbonyl (C=O) groups excluding carboxylic acids is 1. The number of hydrogen-bond acceptors (Lipinski definition) is 5. The molecule has 0 aliphatic carbocycles. The van der Waals surface area contributed by atoms with Crippen LogP contribution in [0, 0.1) is 5.92 Å². The first-order valence-electron chi connectivity index (χ1n) is 7.74. The third-order valence-electron chi connectivity index (χ3n) is 3.41. The predicted molar refractivity (Wildman–Crippen MR) is 96.1 cm³/mol. The lowest BCUT2D eigenvalue weighted by atomic mass is 10.0. The molecule has 122 valence electrons. The maximum atomic E-state index is 12.1. The van der Waals surface area contributed by atoms with Gasteiger partial charge < -0.3 is 0 Å². The van der Waals surface area contributed by atoms with Gasteiger partial charge in [0.05, 0.1) is 11.9 Å². The van der Waals surface area contributed by atoms with E-state index in [1.165, 1.54) is 35.5 Å². The molecule has 24 heavy (non-hydrogen) atoms. The Morgan fingerprint density at radius 1 is 1.21 bits per heavy atom. The summed E-state index contributed by atoms with van der Waals surface area (Å²) >= 11 is 1.39. The van der Waals surface area contributed by atoms with Crippen LogP contribution >= 0.6 is 11.3 Å². The van der Waals surface area contributed by atoms with Crippen LogP contribution in [-0.4, -0.2) is 20.9 Å². The molecule has 0 atom stereocenters. The first-order chi connectivity index (χ1) is 11.6. The van der Waals surface area contributed by atoms with E-state index in [9.17, 15) is 4.79 Å². The van der Waals surface area contributed by atoms with E-state index in [-0.39, 0.29) is 11.6 Å². The number of thiazole rings is 1. The van der Waals surface area contributed by atoms with Gasteiger partial charge in [0.2, 0.25) is 0 Å². The zero-order valence-electron chi connectivity index (χ0n) is 13.6. The van der Waals surface area contributed by atoms with Gasteiger partial charge in [0.1, 0.15) is 5.69 Å². The number of aromatic nitrogens is 3. The number of hydrogen-bond donors (Lipinski definition) is 1. The van der Waals surface area contributed by atoms with E-state index in [2.05, 4.69) is 58.4 Å². The van der Waals surface area contributed by atoms with Crippen molar-refractivity contribution in [3.8, 4) is 11.3 Å². The highest BCUT2D eigenvalue weighted by atomic mass is 32.1. The van der Waals surface area contributed by atoms with Gasteiger partial charge in [-0.3, -0.25) is 15.1 Å². The van der Waals surface area contributed by atoms with Gasteiger partial charge in [-0.25, -0.2) is 9.97 Å². The third-order valence-corrected chi connectivity index (χ3v) is 4.17. The minimum Gasteiger partial charge on any atom is -0.296 e. The van der Waals surface area contributed by atoms with Crippen LogP contribution in [0.25, 0.3) is 11.3 Å². The second kappa shape index (κ2) is 7.31. The van der Waals surface area contributed by atoms with Gasteiger partial charge in [0, 0.05) is 23.3 Å². The standard InChI is InChI=1S/C18H18N4OS/c1-12(2)9-13-3-5-14(6-4-13)16-11-24-18(21-16)22-17(23)15-10-19-7-8-20-15/h3-8,10-12H,9H2,1-2H3,(H,21,22,23). The van der Waals surface area contributed by atoms with Gasteiger partial charge >= 0.3 is 0 Å². The van der Waals surface area contributed by atoms with E-state index in [1.54, 1.807) is 0 Å². The van der Waals surface area contributed by atoms with E-state index in [0.717, 1.165) is 17.7 Å². The number of anilines is 1. The molecule has 0 aliphatic rings. The lowest BCUT2D eigenvalue weighted by Crippen LogP contribution is -2.13. The number of amides is 1. The first-order valence-corrected chi connectivity index (χ1v) is 8.62. The molecule has 3 aromatic rings. The Balaban J connectivity index is 1.70. The molecule has 6 heteroatoms. The third kappa shape index (κ3) is 4.02. The van der Waals surface area contributed by atoms with E-state index < -0.39 is 0 Å². The normalized spacial score (nSPS) is 10.8. The molecular formula is C18H18N4OS. The van der Waals surface area contributed by atoms with Gasteiger partial charge in [-0.15, -0.1) is 11.3 Å². The molecule has 3 rings (SSSR count). The molecule has 1 N–H and O–H groups in total. The minimum absolute atomic E-state index is 0.271. The van der Waals surface area contributed by atoms with Crippen LogP contribution in [0.15, 0.2) is 48.2 Å². The molecule has 2 heterocycles. The summed E-state index contributed by atoms with van der Waals surface area (Å²) in [5.41, 5.74) is 3.48. The molecule has 0 bridgehead atoms. The molecular weight excluding hydrogens is 320 g/mol. The van der Waals surface area contributed by atoms with Crippen LogP contribution in [0.5, 0.6) is 0 Å². The van der Waals surface area contributed by atoms with Gasteiger partial charge in [-0.05, 0) is 17.9 Å². The fourth-order valence-electron chi connectivity index (χ4n) is 2.32. The van der Waals surface area contributed by atoms with Crippen molar-refractivity contribution in [2.75, 3.05) is 5.32 Å². The molecule has 1 aromatic carbocycles. The van der Waals surface area contributed by atoms with Crippen molar-refractivity contribution >= 4 is 22.4 Å². The Kier molecular flexibility index (Phi) is 4.96. The molecule has 0 unspecified atom stereocenters. The summed E-state index contributed by atoms with van der Waals surface area (Å²) in [6.45, 7) is 4.42. The van der Waals surface area contributed by atoms with Crippen LogP contribution in [0.1, 0.15) is 29.9 Å². The fourth-order valence-corrected chi connectivity index (χ4v) is 3.04. The van der Waals surface area contributed by atoms with E-state index in [0.29, 0.717) is 11.0 Å². The SMILES string of the molecule is CC(C)Cc1ccc(-c2csc(NC(=O)c3cnccn3)n2)cc1. The topological polar surface area (TPSA) is 67.8 Å². The summed E-state index contributed by atoms with van der Waals surface area (Å²) in [7, 11) is 0. The Hall–Kier alpha value is -2.60. The maximum Gasteiger partial charge on any atom is 0.277 e. The number of carbonyl (C=O) groups is 1. The van der Waals surface area contributed by atoms with Crippen LogP contribution in [0.2, 0.25) is 0 Å². The molecule has 5 nitrogen and oxygen atoms in total. The van der Waals surface area contributed by atoms with Gasteiger partial charge in [0.25, 0.3) is 5.91 Å². The van der Waals surface area contributed by atoms with Crippen molar-refractivity contribution < 1.29 is 4.79 Å². The largest absolute Gasteiger partial charge is 0.296 e. The van der Waals surface area contributed by atoms with E-state index >= 15 is 0 Å². The quantitative estimate of drug-likeness (QED) is 0.762. The Bertz CT molecular complexity index is 813. The lowest BCUT2D eigenvalue weighted by molar-refractivity contribution is 0.102. The zero-order valence-corrected chi connectivity index (χ0v) is 14.4. The Morgan fingerprint density at radius 2 is 2.00 bits per heavy atom. The Morgan fingerprint density at radius 3 is 2.67 bits per heavy atom. The molecule has 0 spiro atoms. The molecule has 2 aromatic heterocycles. The first kappa shape index (κ1) is 16.3. The number of nitrogens with zero attached hydrogens (tertiary/aromatic N) is 3. The molecule has 0 aliphatic heterocycles. The van der Waals surface area contributed by atoms with Crippen LogP contribution in [-0.2, 0) is 6.42 Å². The average Bonchev–Trinajstić information content (AvgIpc) is 3.04. The molecule has 0 saturated carbocycles. The van der Waals surface area contributed by atoms with Gasteiger partial charge in [-0.1, -0.05) is 38.1 Å². The van der Waals surface area contributed by atoms with Crippen LogP contribution in [0.3, 0.4) is 0 Å². The van der Waals surface area contributed by atoms with Crippen molar-refractivity contribution in [3.63, 3.8) is 0 Å². The van der Waals surface area contributed by atoms with Crippen molar-refractivity contribution in [2.45, 2.75) is 20.3 Å². The number of benzene rings is 1. The van der Waals surface area contributed by atoms with Crippen LogP contribution < -0.4 is 5.32 Å². The van der Waals surface area contributed by atoms with Crippen molar-refractivity contribution in [3.05, 3.63) is 59.5 Å². The fraction of sp³-hybridized carbons (Fsp3) is 0.222. The zero-order chi connectivity index (χ0) is 16.9. The summed E-state index contributed by atoms with van der Waals surface area (Å²) in [5.74, 6) is 0.328. The summed E-state index contributed by atoms with van der Waals surface area (Å²) in [4.78, 5) is 24.4. The Labute approximate surface area is 144 Å². The predicted octanol–water partition coefficient (Wildman–Crippen LogP) is 4.05.